The van der Waals surface area contributed by atoms with Gasteiger partial charge in [0.05, 0.1) is 49.3 Å². The molecule has 15 heteroatoms. The predicted molar refractivity (Wildman–Crippen MR) is 176 cm³/mol. The molecule has 3 aromatic rings. The number of benzene rings is 3. The predicted octanol–water partition coefficient (Wildman–Crippen LogP) is -0.186. The average molecular weight is 666 g/mol. The van der Waals surface area contributed by atoms with Crippen molar-refractivity contribution in [1.82, 2.24) is 0 Å². The molecule has 0 radical (unpaired) electrons. The molecule has 6 unspecified atom stereocenters. The van der Waals surface area contributed by atoms with Crippen molar-refractivity contribution in [2.24, 2.45) is 29.6 Å². The number of methoxy groups -OCH3 is 2. The summed E-state index contributed by atoms with van der Waals surface area (Å²) in [5, 5.41) is 49.7. The first-order valence-corrected chi connectivity index (χ1v) is 15.8. The van der Waals surface area contributed by atoms with Crippen LogP contribution in [0.25, 0.3) is 0 Å². The molecule has 250 valence electrons. The van der Waals surface area contributed by atoms with Gasteiger partial charge >= 0.3 is 14.2 Å². The molecule has 7 rings (SSSR count). The van der Waals surface area contributed by atoms with E-state index in [-0.39, 0.29) is 52.4 Å². The van der Waals surface area contributed by atoms with Crippen LogP contribution in [0.15, 0.2) is 72.3 Å². The molecule has 13 nitrogen and oxygen atoms in total. The third-order valence-corrected chi connectivity index (χ3v) is 10.4. The van der Waals surface area contributed by atoms with Crippen LogP contribution < -0.4 is 30.2 Å². The fourth-order valence-electron chi connectivity index (χ4n) is 8.21. The second kappa shape index (κ2) is 12.2. The summed E-state index contributed by atoms with van der Waals surface area (Å²) in [6.07, 6.45) is 2.14. The lowest BCUT2D eigenvalue weighted by Crippen LogP contribution is -2.43. The number of hydrogen-bond acceptors (Lipinski definition) is 11. The lowest BCUT2D eigenvalue weighted by molar-refractivity contribution is -0.126. The first-order chi connectivity index (χ1) is 23.5. The third-order valence-electron chi connectivity index (χ3n) is 10.4. The highest BCUT2D eigenvalue weighted by molar-refractivity contribution is 6.59. The van der Waals surface area contributed by atoms with Crippen LogP contribution in [0.5, 0.6) is 17.2 Å². The number of carbonyl (C=O) groups excluding carboxylic acids is 4. The fraction of sp³-hybridized carbons (Fsp3) is 0.294. The number of rotatable bonds is 7. The molecular formula is C34H32B2N2O11. The Kier molecular flexibility index (Phi) is 8.10. The van der Waals surface area contributed by atoms with E-state index in [4.69, 9.17) is 9.47 Å². The molecule has 1 saturated carbocycles. The molecule has 2 heterocycles. The number of phenolic OH excluding ortho intramolecular Hbond substituents is 1. The molecule has 3 aromatic carbocycles. The maximum absolute atomic E-state index is 14.4. The first-order valence-electron chi connectivity index (χ1n) is 15.8. The van der Waals surface area contributed by atoms with Crippen molar-refractivity contribution >= 4 is 60.2 Å². The highest BCUT2D eigenvalue weighted by Crippen LogP contribution is 2.59. The van der Waals surface area contributed by atoms with Gasteiger partial charge in [0.25, 0.3) is 0 Å². The zero-order chi connectivity index (χ0) is 34.9. The Morgan fingerprint density at radius 3 is 1.69 bits per heavy atom. The molecule has 0 aromatic heterocycles. The van der Waals surface area contributed by atoms with E-state index >= 15 is 0 Å². The van der Waals surface area contributed by atoms with Gasteiger partial charge in [0, 0.05) is 5.92 Å². The monoisotopic (exact) mass is 666 g/mol. The van der Waals surface area contributed by atoms with E-state index in [0.29, 0.717) is 11.1 Å². The van der Waals surface area contributed by atoms with E-state index in [2.05, 4.69) is 0 Å². The van der Waals surface area contributed by atoms with Crippen molar-refractivity contribution in [3.05, 3.63) is 77.9 Å². The van der Waals surface area contributed by atoms with Crippen LogP contribution in [0.2, 0.25) is 0 Å². The molecule has 6 atom stereocenters. The maximum Gasteiger partial charge on any atom is 0.488 e. The van der Waals surface area contributed by atoms with Crippen molar-refractivity contribution in [2.75, 3.05) is 24.0 Å². The molecule has 4 aliphatic rings. The van der Waals surface area contributed by atoms with Crippen LogP contribution in [0.4, 0.5) is 11.4 Å². The maximum atomic E-state index is 14.4. The second-order valence-corrected chi connectivity index (χ2v) is 12.8. The number of hydrogen-bond donors (Lipinski definition) is 5. The number of ether oxygens (including phenoxy) is 2. The van der Waals surface area contributed by atoms with Crippen LogP contribution in [0.1, 0.15) is 24.3 Å². The van der Waals surface area contributed by atoms with Gasteiger partial charge in [-0.3, -0.25) is 29.0 Å². The average Bonchev–Trinajstić information content (AvgIpc) is 3.50. The number of allylic oxidation sites excluding steroid dienone is 2. The molecule has 2 saturated heterocycles. The van der Waals surface area contributed by atoms with E-state index in [1.807, 2.05) is 6.08 Å². The van der Waals surface area contributed by atoms with Crippen molar-refractivity contribution in [2.45, 2.75) is 18.8 Å². The van der Waals surface area contributed by atoms with Gasteiger partial charge < -0.3 is 34.7 Å². The number of amides is 4. The molecule has 3 fully saturated rings. The Bertz CT molecular complexity index is 1910. The molecule has 2 aliphatic heterocycles. The number of nitrogens with zero attached hydrogens (tertiary/aromatic N) is 2. The van der Waals surface area contributed by atoms with Crippen molar-refractivity contribution in [3.8, 4) is 17.2 Å². The van der Waals surface area contributed by atoms with Gasteiger partial charge in [-0.2, -0.15) is 0 Å². The summed E-state index contributed by atoms with van der Waals surface area (Å²) in [7, 11) is -0.911. The molecule has 4 amide bonds. The van der Waals surface area contributed by atoms with Gasteiger partial charge in [0.2, 0.25) is 29.4 Å². The van der Waals surface area contributed by atoms with Crippen LogP contribution in [0, 0.1) is 29.6 Å². The van der Waals surface area contributed by atoms with Crippen LogP contribution in [0.3, 0.4) is 0 Å². The van der Waals surface area contributed by atoms with E-state index in [1.165, 1.54) is 62.8 Å². The number of aromatic hydroxyl groups is 1. The largest absolute Gasteiger partial charge is 0.502 e. The van der Waals surface area contributed by atoms with E-state index in [0.717, 1.165) is 9.80 Å². The Labute approximate surface area is 281 Å². The fourth-order valence-corrected chi connectivity index (χ4v) is 8.21. The number of fused-ring (bicyclic) bond motifs is 4. The third kappa shape index (κ3) is 5.03. The van der Waals surface area contributed by atoms with E-state index < -0.39 is 73.4 Å². The van der Waals surface area contributed by atoms with Crippen LogP contribution >= 0.6 is 0 Å². The van der Waals surface area contributed by atoms with Gasteiger partial charge in [0.1, 0.15) is 0 Å². The lowest BCUT2D eigenvalue weighted by atomic mass is 9.57. The Balaban J connectivity index is 1.35. The standard InChI is InChI=1S/C34H32B2N2O11/c1-48-25-11-16(12-26(49-2)30(25)39)27-21-9-10-22-28(33(42)37(31(22)40)19-7-3-5-17(13-19)35(44)45)23(21)15-24-29(27)34(43)38(32(24)41)20-8-4-6-18(14-20)36(46)47/h3-9,11-14,22-24,27-29,39,44-47H,10,15H2,1-2H3. The topological polar surface area (TPSA) is 194 Å². The Morgan fingerprint density at radius 2 is 1.18 bits per heavy atom. The summed E-state index contributed by atoms with van der Waals surface area (Å²) in [6, 6.07) is 14.9. The van der Waals surface area contributed by atoms with Gasteiger partial charge in [-0.15, -0.1) is 0 Å². The van der Waals surface area contributed by atoms with E-state index in [1.54, 1.807) is 12.1 Å². The Hall–Kier alpha value is -4.95. The molecule has 2 aliphatic carbocycles. The smallest absolute Gasteiger partial charge is 0.488 e. The van der Waals surface area contributed by atoms with Gasteiger partial charge in [0.15, 0.2) is 11.5 Å². The van der Waals surface area contributed by atoms with Gasteiger partial charge in [-0.25, -0.2) is 0 Å². The summed E-state index contributed by atoms with van der Waals surface area (Å²) in [5.41, 5.74) is 1.74. The van der Waals surface area contributed by atoms with Crippen LogP contribution in [-0.2, 0) is 19.2 Å². The Morgan fingerprint density at radius 1 is 0.673 bits per heavy atom. The second-order valence-electron chi connectivity index (χ2n) is 12.8. The highest BCUT2D eigenvalue weighted by atomic mass is 16.5. The van der Waals surface area contributed by atoms with Crippen LogP contribution in [-0.4, -0.2) is 77.3 Å². The zero-order valence-electron chi connectivity index (χ0n) is 26.5. The van der Waals surface area contributed by atoms with Gasteiger partial charge in [-0.1, -0.05) is 35.9 Å². The minimum Gasteiger partial charge on any atom is -0.502 e. The molecule has 0 spiro atoms. The van der Waals surface area contributed by atoms with Crippen molar-refractivity contribution in [1.29, 1.82) is 0 Å². The normalized spacial score (nSPS) is 25.9. The summed E-state index contributed by atoms with van der Waals surface area (Å²) >= 11 is 0. The quantitative estimate of drug-likeness (QED) is 0.128. The molecular weight excluding hydrogens is 634 g/mol. The van der Waals surface area contributed by atoms with Gasteiger partial charge in [-0.05, 0) is 71.6 Å². The SMILES string of the molecule is COc1cc(C2C3=CCC4C(=O)N(c5cccc(B(O)O)c5)C(=O)C4C3CC3C(=O)N(c4cccc(B(O)O)c4)C(=O)C32)cc(OC)c1O. The lowest BCUT2D eigenvalue weighted by Gasteiger charge is -2.44. The summed E-state index contributed by atoms with van der Waals surface area (Å²) in [5.74, 6) is -7.01. The number of phenols is 1. The number of carbonyl (C=O) groups is 4. The zero-order valence-corrected chi connectivity index (χ0v) is 26.5. The minimum absolute atomic E-state index is 0.0739. The minimum atomic E-state index is -1.83. The molecule has 0 bridgehead atoms. The van der Waals surface area contributed by atoms with Crippen molar-refractivity contribution in [3.63, 3.8) is 0 Å². The summed E-state index contributed by atoms with van der Waals surface area (Å²) in [4.78, 5) is 58.9. The highest BCUT2D eigenvalue weighted by Gasteiger charge is 2.62. The first kappa shape index (κ1) is 32.6. The van der Waals surface area contributed by atoms with E-state index in [9.17, 15) is 44.4 Å². The van der Waals surface area contributed by atoms with Crippen molar-refractivity contribution < 1.29 is 53.9 Å². The molecule has 49 heavy (non-hydrogen) atoms. The summed E-state index contributed by atoms with van der Waals surface area (Å²) in [6.45, 7) is 0. The number of imide groups is 2. The number of anilines is 2. The molecule has 5 N–H and O–H groups in total. The summed E-state index contributed by atoms with van der Waals surface area (Å²) < 4.78 is 10.9.